The summed E-state index contributed by atoms with van der Waals surface area (Å²) < 4.78 is 6.51. The van der Waals surface area contributed by atoms with Gasteiger partial charge >= 0.3 is 0 Å². The standard InChI is InChI=1S/C44H29NO/c1-44-37-18-7-5-13-33(37)35-16-10-19-39(42(35)44)45(31-24-21-29(22-25-31)28-11-3-2-4-12-28)40-27-30(23-26-38(40)44)32-15-9-17-36-34-14-6-8-20-41(34)46-43(32)36/h2-27H,1H3. The summed E-state index contributed by atoms with van der Waals surface area (Å²) in [5.74, 6) is 0. The Labute approximate surface area is 267 Å². The minimum atomic E-state index is -0.276. The highest BCUT2D eigenvalue weighted by atomic mass is 16.3. The normalized spacial score (nSPS) is 16.0. The zero-order valence-corrected chi connectivity index (χ0v) is 25.4. The lowest BCUT2D eigenvalue weighted by Gasteiger charge is -2.42. The Morgan fingerprint density at radius 1 is 0.478 bits per heavy atom. The Bertz CT molecular complexity index is 2490. The number of hydrogen-bond acceptors (Lipinski definition) is 2. The lowest BCUT2D eigenvalue weighted by Crippen LogP contribution is -2.32. The number of rotatable bonds is 3. The number of hydrogen-bond donors (Lipinski definition) is 0. The molecule has 0 N–H and O–H groups in total. The second-order valence-corrected chi connectivity index (χ2v) is 12.6. The summed E-state index contributed by atoms with van der Waals surface area (Å²) in [5.41, 5.74) is 16.5. The maximum absolute atomic E-state index is 6.51. The number of nitrogens with zero attached hydrogens (tertiary/aromatic N) is 1. The molecule has 0 amide bonds. The summed E-state index contributed by atoms with van der Waals surface area (Å²) in [4.78, 5) is 2.47. The predicted octanol–water partition coefficient (Wildman–Crippen LogP) is 12.0. The molecule has 1 aliphatic heterocycles. The van der Waals surface area contributed by atoms with E-state index in [-0.39, 0.29) is 5.41 Å². The molecule has 0 fully saturated rings. The third kappa shape index (κ3) is 3.36. The molecule has 1 atom stereocenters. The molecule has 0 bridgehead atoms. The van der Waals surface area contributed by atoms with E-state index >= 15 is 0 Å². The Hall–Kier alpha value is -5.86. The van der Waals surface area contributed by atoms with E-state index in [1.54, 1.807) is 0 Å². The van der Waals surface area contributed by atoms with E-state index in [9.17, 15) is 0 Å². The lowest BCUT2D eigenvalue weighted by atomic mass is 9.70. The van der Waals surface area contributed by atoms with Crippen molar-refractivity contribution in [2.75, 3.05) is 4.90 Å². The number of para-hydroxylation sites is 2. The van der Waals surface area contributed by atoms with E-state index in [0.717, 1.165) is 38.8 Å². The quantitative estimate of drug-likeness (QED) is 0.204. The van der Waals surface area contributed by atoms with E-state index in [1.807, 2.05) is 6.07 Å². The van der Waals surface area contributed by atoms with E-state index in [2.05, 4.69) is 163 Å². The van der Waals surface area contributed by atoms with Crippen molar-refractivity contribution in [1.29, 1.82) is 0 Å². The maximum atomic E-state index is 6.51. The van der Waals surface area contributed by atoms with Crippen LogP contribution in [0.3, 0.4) is 0 Å². The van der Waals surface area contributed by atoms with Crippen LogP contribution in [0, 0.1) is 0 Å². The van der Waals surface area contributed by atoms with Gasteiger partial charge in [0.05, 0.1) is 11.4 Å². The molecule has 2 heterocycles. The molecule has 10 rings (SSSR count). The van der Waals surface area contributed by atoms with Crippen LogP contribution in [0.4, 0.5) is 17.1 Å². The van der Waals surface area contributed by atoms with Gasteiger partial charge in [-0.1, -0.05) is 127 Å². The largest absolute Gasteiger partial charge is 0.455 e. The Balaban J connectivity index is 1.23. The smallest absolute Gasteiger partial charge is 0.143 e. The van der Waals surface area contributed by atoms with Crippen LogP contribution in [-0.2, 0) is 5.41 Å². The van der Waals surface area contributed by atoms with Crippen LogP contribution < -0.4 is 4.90 Å². The van der Waals surface area contributed by atoms with Gasteiger partial charge in [-0.3, -0.25) is 0 Å². The van der Waals surface area contributed by atoms with Gasteiger partial charge in [0, 0.05) is 27.4 Å². The third-order valence-electron chi connectivity index (χ3n) is 10.3. The third-order valence-corrected chi connectivity index (χ3v) is 10.3. The summed E-state index contributed by atoms with van der Waals surface area (Å²) in [7, 11) is 0. The fourth-order valence-electron chi connectivity index (χ4n) is 8.17. The summed E-state index contributed by atoms with van der Waals surface area (Å²) in [6.07, 6.45) is 0. The molecule has 0 radical (unpaired) electrons. The van der Waals surface area contributed by atoms with E-state index in [4.69, 9.17) is 4.42 Å². The van der Waals surface area contributed by atoms with Crippen molar-refractivity contribution in [3.63, 3.8) is 0 Å². The lowest BCUT2D eigenvalue weighted by molar-refractivity contribution is 0.670. The Morgan fingerprint density at radius 2 is 1.15 bits per heavy atom. The van der Waals surface area contributed by atoms with Gasteiger partial charge in [0.25, 0.3) is 0 Å². The minimum absolute atomic E-state index is 0.276. The molecule has 0 saturated heterocycles. The van der Waals surface area contributed by atoms with Gasteiger partial charge in [0.15, 0.2) is 0 Å². The molecular weight excluding hydrogens is 558 g/mol. The molecule has 1 aliphatic carbocycles. The molecule has 2 nitrogen and oxygen atoms in total. The zero-order chi connectivity index (χ0) is 30.4. The monoisotopic (exact) mass is 587 g/mol. The molecule has 216 valence electrons. The molecule has 7 aromatic carbocycles. The fraction of sp³-hybridized carbons (Fsp3) is 0.0455. The number of anilines is 3. The highest BCUT2D eigenvalue weighted by molar-refractivity contribution is 6.10. The second-order valence-electron chi connectivity index (χ2n) is 12.6. The highest BCUT2D eigenvalue weighted by Gasteiger charge is 2.48. The Kier molecular flexibility index (Phi) is 5.16. The summed E-state index contributed by atoms with van der Waals surface area (Å²) in [6.45, 7) is 2.41. The molecule has 1 aromatic heterocycles. The summed E-state index contributed by atoms with van der Waals surface area (Å²) in [6, 6.07) is 57.2. The predicted molar refractivity (Wildman–Crippen MR) is 190 cm³/mol. The van der Waals surface area contributed by atoms with Gasteiger partial charge in [-0.15, -0.1) is 0 Å². The first-order chi connectivity index (χ1) is 22.7. The van der Waals surface area contributed by atoms with Gasteiger partial charge in [0.1, 0.15) is 11.2 Å². The maximum Gasteiger partial charge on any atom is 0.143 e. The van der Waals surface area contributed by atoms with E-state index in [1.165, 1.54) is 50.3 Å². The fourth-order valence-corrected chi connectivity index (χ4v) is 8.17. The van der Waals surface area contributed by atoms with Crippen molar-refractivity contribution in [2.24, 2.45) is 0 Å². The van der Waals surface area contributed by atoms with Crippen molar-refractivity contribution in [1.82, 2.24) is 0 Å². The van der Waals surface area contributed by atoms with Gasteiger partial charge in [-0.25, -0.2) is 0 Å². The van der Waals surface area contributed by atoms with Crippen LogP contribution >= 0.6 is 0 Å². The van der Waals surface area contributed by atoms with Gasteiger partial charge in [-0.2, -0.15) is 0 Å². The van der Waals surface area contributed by atoms with Crippen molar-refractivity contribution < 1.29 is 4.42 Å². The number of fused-ring (bicyclic) bond motifs is 8. The molecule has 1 unspecified atom stereocenters. The van der Waals surface area contributed by atoms with Crippen molar-refractivity contribution >= 4 is 39.0 Å². The molecule has 46 heavy (non-hydrogen) atoms. The van der Waals surface area contributed by atoms with Crippen molar-refractivity contribution in [2.45, 2.75) is 12.3 Å². The van der Waals surface area contributed by atoms with Crippen LogP contribution in [0.15, 0.2) is 162 Å². The van der Waals surface area contributed by atoms with E-state index < -0.39 is 0 Å². The summed E-state index contributed by atoms with van der Waals surface area (Å²) in [5, 5.41) is 2.29. The van der Waals surface area contributed by atoms with Gasteiger partial charge < -0.3 is 9.32 Å². The first-order valence-electron chi connectivity index (χ1n) is 15.9. The van der Waals surface area contributed by atoms with Crippen molar-refractivity contribution in [3.05, 3.63) is 174 Å². The van der Waals surface area contributed by atoms with Crippen LogP contribution in [0.1, 0.15) is 23.6 Å². The topological polar surface area (TPSA) is 16.4 Å². The Morgan fingerprint density at radius 3 is 2.04 bits per heavy atom. The van der Waals surface area contributed by atoms with Gasteiger partial charge in [0.2, 0.25) is 0 Å². The molecular formula is C44H29NO. The van der Waals surface area contributed by atoms with Gasteiger partial charge in [-0.05, 0) is 81.8 Å². The highest BCUT2D eigenvalue weighted by Crippen LogP contribution is 2.62. The first-order valence-corrected chi connectivity index (χ1v) is 15.9. The average molecular weight is 588 g/mol. The van der Waals surface area contributed by atoms with Crippen LogP contribution in [0.25, 0.3) is 55.3 Å². The molecule has 0 saturated carbocycles. The van der Waals surface area contributed by atoms with Crippen LogP contribution in [-0.4, -0.2) is 0 Å². The number of furan rings is 1. The molecule has 2 aliphatic rings. The van der Waals surface area contributed by atoms with Crippen LogP contribution in [0.5, 0.6) is 0 Å². The molecule has 0 spiro atoms. The first kappa shape index (κ1) is 25.5. The van der Waals surface area contributed by atoms with Crippen molar-refractivity contribution in [3.8, 4) is 33.4 Å². The van der Waals surface area contributed by atoms with Crippen LogP contribution in [0.2, 0.25) is 0 Å². The SMILES string of the molecule is CC12c3ccccc3-c3cccc(c31)N(c1ccc(-c3ccccc3)cc1)c1cc(-c3cccc4c3oc3ccccc34)ccc12. The van der Waals surface area contributed by atoms with E-state index in [0.29, 0.717) is 0 Å². The molecule has 2 heteroatoms. The summed E-state index contributed by atoms with van der Waals surface area (Å²) >= 11 is 0. The number of benzene rings is 7. The zero-order valence-electron chi connectivity index (χ0n) is 25.4. The molecule has 8 aromatic rings. The second kappa shape index (κ2) is 9.32. The average Bonchev–Trinajstić information content (AvgIpc) is 3.63. The minimum Gasteiger partial charge on any atom is -0.455 e.